The largest absolute Gasteiger partial charge is 0.298 e. The fourth-order valence-corrected chi connectivity index (χ4v) is 2.80. The van der Waals surface area contributed by atoms with Gasteiger partial charge < -0.3 is 0 Å². The molecule has 0 bridgehead atoms. The molecule has 1 atom stereocenters. The molecule has 0 heterocycles. The monoisotopic (exact) mass is 294 g/mol. The molecule has 1 unspecified atom stereocenters. The molecule has 0 saturated carbocycles. The number of hydrogen-bond acceptors (Lipinski definition) is 2. The predicted molar refractivity (Wildman–Crippen MR) is 72.8 cm³/mol. The maximum atomic E-state index is 13.4. The van der Waals surface area contributed by atoms with E-state index in [1.165, 1.54) is 42.5 Å². The van der Waals surface area contributed by atoms with Crippen LogP contribution in [0.4, 0.5) is 8.78 Å². The molecule has 0 amide bonds. The van der Waals surface area contributed by atoms with Gasteiger partial charge in [-0.05, 0) is 29.8 Å². The Labute approximate surface area is 117 Å². The second kappa shape index (κ2) is 6.52. The molecule has 104 valence electrons. The van der Waals surface area contributed by atoms with Gasteiger partial charge in [0, 0.05) is 6.42 Å². The van der Waals surface area contributed by atoms with Crippen LogP contribution in [0.1, 0.15) is 5.56 Å². The van der Waals surface area contributed by atoms with Gasteiger partial charge in [-0.2, -0.15) is 0 Å². The lowest BCUT2D eigenvalue weighted by atomic mass is 10.1. The van der Waals surface area contributed by atoms with Gasteiger partial charge in [0.15, 0.2) is 0 Å². The van der Waals surface area contributed by atoms with Crippen molar-refractivity contribution in [2.75, 3.05) is 5.75 Å². The van der Waals surface area contributed by atoms with E-state index in [2.05, 4.69) is 0 Å². The average Bonchev–Trinajstić information content (AvgIpc) is 2.41. The minimum Gasteiger partial charge on any atom is -0.298 e. The Bertz CT molecular complexity index is 639. The number of hydrogen-bond donors (Lipinski definition) is 0. The first-order valence-corrected chi connectivity index (χ1v) is 7.27. The minimum absolute atomic E-state index is 0.0277. The van der Waals surface area contributed by atoms with Crippen LogP contribution in [0.3, 0.4) is 0 Å². The van der Waals surface area contributed by atoms with Crippen molar-refractivity contribution in [2.24, 2.45) is 0 Å². The third-order valence-corrected chi connectivity index (χ3v) is 4.09. The fraction of sp³-hybridized carbons (Fsp3) is 0.133. The highest BCUT2D eigenvalue weighted by Gasteiger charge is 2.14. The molecule has 0 aromatic heterocycles. The highest BCUT2D eigenvalue weighted by molar-refractivity contribution is 7.85. The van der Waals surface area contributed by atoms with E-state index >= 15 is 0 Å². The molecular weight excluding hydrogens is 282 g/mol. The molecule has 0 spiro atoms. The van der Waals surface area contributed by atoms with E-state index in [4.69, 9.17) is 0 Å². The Morgan fingerprint density at radius 3 is 2.30 bits per heavy atom. The Hall–Kier alpha value is -1.88. The molecule has 0 radical (unpaired) electrons. The van der Waals surface area contributed by atoms with E-state index in [-0.39, 0.29) is 28.7 Å². The van der Waals surface area contributed by atoms with Crippen LogP contribution < -0.4 is 0 Å². The van der Waals surface area contributed by atoms with Crippen LogP contribution in [-0.2, 0) is 22.0 Å². The molecule has 2 aromatic carbocycles. The number of benzene rings is 2. The van der Waals surface area contributed by atoms with Crippen LogP contribution in [0.5, 0.6) is 0 Å². The van der Waals surface area contributed by atoms with Gasteiger partial charge in [-0.25, -0.2) is 8.78 Å². The minimum atomic E-state index is -1.70. The molecule has 0 aliphatic heterocycles. The van der Waals surface area contributed by atoms with Crippen molar-refractivity contribution in [1.82, 2.24) is 0 Å². The predicted octanol–water partition coefficient (Wildman–Crippen LogP) is 2.88. The molecule has 2 aromatic rings. The second-order valence-corrected chi connectivity index (χ2v) is 5.68. The average molecular weight is 294 g/mol. The highest BCUT2D eigenvalue weighted by atomic mass is 32.2. The van der Waals surface area contributed by atoms with Crippen molar-refractivity contribution in [2.45, 2.75) is 11.3 Å². The third-order valence-electron chi connectivity index (χ3n) is 2.69. The van der Waals surface area contributed by atoms with Crippen molar-refractivity contribution in [3.05, 3.63) is 65.7 Å². The first-order valence-electron chi connectivity index (χ1n) is 5.95. The Kier molecular flexibility index (Phi) is 4.74. The summed E-state index contributed by atoms with van der Waals surface area (Å²) in [6.07, 6.45) is 0.0560. The van der Waals surface area contributed by atoms with Gasteiger partial charge >= 0.3 is 0 Å². The molecule has 0 saturated heterocycles. The summed E-state index contributed by atoms with van der Waals surface area (Å²) in [4.78, 5) is 11.8. The topological polar surface area (TPSA) is 34.1 Å². The van der Waals surface area contributed by atoms with Crippen molar-refractivity contribution in [3.63, 3.8) is 0 Å². The normalized spacial score (nSPS) is 12.1. The molecule has 0 aliphatic rings. The van der Waals surface area contributed by atoms with Crippen molar-refractivity contribution in [3.8, 4) is 0 Å². The van der Waals surface area contributed by atoms with E-state index in [1.807, 2.05) is 0 Å². The number of ketones is 1. The SMILES string of the molecule is O=C(Cc1ccc(F)cc1)CS(=O)c1ccccc1F. The van der Waals surface area contributed by atoms with E-state index in [9.17, 15) is 17.8 Å². The number of carbonyl (C=O) groups excluding carboxylic acids is 1. The smallest absolute Gasteiger partial charge is 0.150 e. The van der Waals surface area contributed by atoms with Gasteiger partial charge in [0.05, 0.1) is 21.4 Å². The van der Waals surface area contributed by atoms with Gasteiger partial charge in [0.2, 0.25) is 0 Å². The number of Topliss-reactive ketones (excluding diaryl/α,β-unsaturated/α-hetero) is 1. The molecular formula is C15H12F2O2S. The molecule has 0 N–H and O–H groups in total. The zero-order valence-electron chi connectivity index (χ0n) is 10.5. The lowest BCUT2D eigenvalue weighted by Crippen LogP contribution is -2.14. The van der Waals surface area contributed by atoms with E-state index in [0.29, 0.717) is 5.56 Å². The Morgan fingerprint density at radius 1 is 1.00 bits per heavy atom. The summed E-state index contributed by atoms with van der Waals surface area (Å²) in [5, 5.41) is 0. The van der Waals surface area contributed by atoms with E-state index < -0.39 is 16.6 Å². The van der Waals surface area contributed by atoms with Crippen molar-refractivity contribution >= 4 is 16.6 Å². The number of rotatable bonds is 5. The van der Waals surface area contributed by atoms with Gasteiger partial charge in [-0.3, -0.25) is 9.00 Å². The summed E-state index contributed by atoms with van der Waals surface area (Å²) < 4.78 is 38.1. The van der Waals surface area contributed by atoms with Crippen LogP contribution in [0.25, 0.3) is 0 Å². The van der Waals surface area contributed by atoms with Crippen molar-refractivity contribution < 1.29 is 17.8 Å². The van der Waals surface area contributed by atoms with Crippen LogP contribution in [0, 0.1) is 11.6 Å². The molecule has 0 fully saturated rings. The van der Waals surface area contributed by atoms with Crippen LogP contribution in [0.15, 0.2) is 53.4 Å². The fourth-order valence-electron chi connectivity index (χ4n) is 1.73. The molecule has 0 aliphatic carbocycles. The summed E-state index contributed by atoms with van der Waals surface area (Å²) >= 11 is 0. The first kappa shape index (κ1) is 14.5. The standard InChI is InChI=1S/C15H12F2O2S/c16-12-7-5-11(6-8-12)9-13(18)10-20(19)15-4-2-1-3-14(15)17/h1-8H,9-10H2. The van der Waals surface area contributed by atoms with Crippen LogP contribution >= 0.6 is 0 Å². The second-order valence-electron chi connectivity index (χ2n) is 4.26. The summed E-state index contributed by atoms with van der Waals surface area (Å²) in [6.45, 7) is 0. The van der Waals surface area contributed by atoms with Gasteiger partial charge in [0.1, 0.15) is 17.4 Å². The highest BCUT2D eigenvalue weighted by Crippen LogP contribution is 2.12. The maximum Gasteiger partial charge on any atom is 0.150 e. The van der Waals surface area contributed by atoms with Gasteiger partial charge in [-0.1, -0.05) is 24.3 Å². The molecule has 5 heteroatoms. The number of carbonyl (C=O) groups is 1. The number of halogens is 2. The Morgan fingerprint density at radius 2 is 1.65 bits per heavy atom. The summed E-state index contributed by atoms with van der Waals surface area (Å²) in [5.41, 5.74) is 0.641. The maximum absolute atomic E-state index is 13.4. The first-order chi connectivity index (χ1) is 9.56. The van der Waals surface area contributed by atoms with Gasteiger partial charge in [-0.15, -0.1) is 0 Å². The quantitative estimate of drug-likeness (QED) is 0.849. The summed E-state index contributed by atoms with van der Waals surface area (Å²) in [5.74, 6) is -1.49. The lowest BCUT2D eigenvalue weighted by Gasteiger charge is -2.03. The van der Waals surface area contributed by atoms with Crippen LogP contribution in [0.2, 0.25) is 0 Å². The lowest BCUT2D eigenvalue weighted by molar-refractivity contribution is -0.116. The summed E-state index contributed by atoms with van der Waals surface area (Å²) in [6, 6.07) is 11.2. The molecule has 2 rings (SSSR count). The zero-order valence-corrected chi connectivity index (χ0v) is 11.3. The third kappa shape index (κ3) is 3.81. The van der Waals surface area contributed by atoms with Crippen molar-refractivity contribution in [1.29, 1.82) is 0 Å². The zero-order chi connectivity index (χ0) is 14.5. The molecule has 2 nitrogen and oxygen atoms in total. The van der Waals surface area contributed by atoms with Crippen LogP contribution in [-0.4, -0.2) is 15.7 Å². The summed E-state index contributed by atoms with van der Waals surface area (Å²) in [7, 11) is -1.70. The molecule has 20 heavy (non-hydrogen) atoms. The van der Waals surface area contributed by atoms with E-state index in [0.717, 1.165) is 0 Å². The van der Waals surface area contributed by atoms with E-state index in [1.54, 1.807) is 6.07 Å². The van der Waals surface area contributed by atoms with Gasteiger partial charge in [0.25, 0.3) is 0 Å². The Balaban J connectivity index is 2.00.